The second-order valence-corrected chi connectivity index (χ2v) is 4.47. The SMILES string of the molecule is CCCNc1cc(-c2noc(C(F)(F)F)n2)ccc1C(N)=O. The van der Waals surface area contributed by atoms with E-state index in [1.54, 1.807) is 0 Å². The zero-order chi connectivity index (χ0) is 16.3. The van der Waals surface area contributed by atoms with Crippen molar-refractivity contribution in [2.75, 3.05) is 11.9 Å². The predicted molar refractivity (Wildman–Crippen MR) is 72.0 cm³/mol. The van der Waals surface area contributed by atoms with Crippen molar-refractivity contribution in [3.8, 4) is 11.4 Å². The Bertz CT molecular complexity index is 682. The van der Waals surface area contributed by atoms with Crippen molar-refractivity contribution >= 4 is 11.6 Å². The van der Waals surface area contributed by atoms with Crippen molar-refractivity contribution in [2.45, 2.75) is 19.5 Å². The van der Waals surface area contributed by atoms with Gasteiger partial charge in [0.15, 0.2) is 0 Å². The highest BCUT2D eigenvalue weighted by Gasteiger charge is 2.38. The molecule has 0 saturated heterocycles. The van der Waals surface area contributed by atoms with Crippen LogP contribution in [-0.2, 0) is 6.18 Å². The summed E-state index contributed by atoms with van der Waals surface area (Å²) < 4.78 is 41.6. The van der Waals surface area contributed by atoms with E-state index in [0.29, 0.717) is 12.2 Å². The van der Waals surface area contributed by atoms with Crippen LogP contribution in [0, 0.1) is 0 Å². The van der Waals surface area contributed by atoms with Gasteiger partial charge in [0, 0.05) is 17.8 Å². The zero-order valence-electron chi connectivity index (χ0n) is 11.6. The lowest BCUT2D eigenvalue weighted by Gasteiger charge is -2.10. The predicted octanol–water partition coefficient (Wildman–Crippen LogP) is 2.68. The van der Waals surface area contributed by atoms with Gasteiger partial charge in [0.2, 0.25) is 5.82 Å². The summed E-state index contributed by atoms with van der Waals surface area (Å²) in [7, 11) is 0. The molecular formula is C13H13F3N4O2. The maximum absolute atomic E-state index is 12.5. The summed E-state index contributed by atoms with van der Waals surface area (Å²) in [6, 6.07) is 4.27. The fourth-order valence-electron chi connectivity index (χ4n) is 1.76. The Morgan fingerprint density at radius 1 is 1.41 bits per heavy atom. The number of aromatic nitrogens is 2. The molecule has 0 unspecified atom stereocenters. The van der Waals surface area contributed by atoms with Gasteiger partial charge in [0.05, 0.1) is 5.56 Å². The van der Waals surface area contributed by atoms with Crippen molar-refractivity contribution in [3.05, 3.63) is 29.7 Å². The van der Waals surface area contributed by atoms with Gasteiger partial charge in [-0.25, -0.2) is 0 Å². The van der Waals surface area contributed by atoms with Gasteiger partial charge in [-0.1, -0.05) is 18.1 Å². The van der Waals surface area contributed by atoms with Gasteiger partial charge < -0.3 is 15.6 Å². The summed E-state index contributed by atoms with van der Waals surface area (Å²) in [5.74, 6) is -2.29. The minimum absolute atomic E-state index is 0.220. The number of benzene rings is 1. The third-order valence-electron chi connectivity index (χ3n) is 2.78. The number of carbonyl (C=O) groups excluding carboxylic acids is 1. The third kappa shape index (κ3) is 3.35. The van der Waals surface area contributed by atoms with Crippen molar-refractivity contribution in [2.24, 2.45) is 5.73 Å². The van der Waals surface area contributed by atoms with Gasteiger partial charge in [-0.05, 0) is 18.6 Å². The van der Waals surface area contributed by atoms with Gasteiger partial charge >= 0.3 is 12.1 Å². The number of rotatable bonds is 5. The molecule has 1 aromatic carbocycles. The molecule has 9 heteroatoms. The van der Waals surface area contributed by atoms with E-state index in [0.717, 1.165) is 6.42 Å². The highest BCUT2D eigenvalue weighted by atomic mass is 19.4. The first-order valence-electron chi connectivity index (χ1n) is 6.42. The standard InChI is InChI=1S/C13H13F3N4O2/c1-2-5-18-9-6-7(3-4-8(9)10(17)21)11-19-12(22-20-11)13(14,15)16/h3-4,6,18H,2,5H2,1H3,(H2,17,21). The number of nitrogens with two attached hydrogens (primary N) is 1. The van der Waals surface area contributed by atoms with Gasteiger partial charge in [0.25, 0.3) is 5.91 Å². The molecule has 0 aliphatic heterocycles. The van der Waals surface area contributed by atoms with E-state index < -0.39 is 18.0 Å². The Morgan fingerprint density at radius 2 is 2.14 bits per heavy atom. The van der Waals surface area contributed by atoms with E-state index >= 15 is 0 Å². The Kier molecular flexibility index (Phi) is 4.34. The molecular weight excluding hydrogens is 301 g/mol. The minimum atomic E-state index is -4.71. The number of halogens is 3. The number of amides is 1. The minimum Gasteiger partial charge on any atom is -0.384 e. The van der Waals surface area contributed by atoms with Crippen molar-refractivity contribution in [3.63, 3.8) is 0 Å². The fraction of sp³-hybridized carbons (Fsp3) is 0.308. The summed E-state index contributed by atoms with van der Waals surface area (Å²) in [5.41, 5.74) is 6.18. The number of hydrogen-bond acceptors (Lipinski definition) is 5. The number of nitrogens with zero attached hydrogens (tertiary/aromatic N) is 2. The van der Waals surface area contributed by atoms with Gasteiger partial charge in [-0.15, -0.1) is 0 Å². The smallest absolute Gasteiger partial charge is 0.384 e. The second-order valence-electron chi connectivity index (χ2n) is 4.47. The fourth-order valence-corrected chi connectivity index (χ4v) is 1.76. The molecule has 0 bridgehead atoms. The van der Waals surface area contributed by atoms with Crippen LogP contribution >= 0.6 is 0 Å². The molecule has 0 spiro atoms. The summed E-state index contributed by atoms with van der Waals surface area (Å²) in [4.78, 5) is 14.7. The summed E-state index contributed by atoms with van der Waals surface area (Å²) >= 11 is 0. The van der Waals surface area contributed by atoms with E-state index in [1.165, 1.54) is 18.2 Å². The number of nitrogens with one attached hydrogen (secondary N) is 1. The topological polar surface area (TPSA) is 94.0 Å². The van der Waals surface area contributed by atoms with Crippen molar-refractivity contribution < 1.29 is 22.5 Å². The normalized spacial score (nSPS) is 11.5. The molecule has 0 atom stereocenters. The highest BCUT2D eigenvalue weighted by Crippen LogP contribution is 2.30. The number of primary amides is 1. The maximum atomic E-state index is 12.5. The van der Waals surface area contributed by atoms with Crippen LogP contribution in [0.15, 0.2) is 22.7 Å². The highest BCUT2D eigenvalue weighted by molar-refractivity contribution is 5.99. The zero-order valence-corrected chi connectivity index (χ0v) is 11.6. The largest absolute Gasteiger partial charge is 0.471 e. The van der Waals surface area contributed by atoms with E-state index in [9.17, 15) is 18.0 Å². The Balaban J connectivity index is 2.39. The number of hydrogen-bond donors (Lipinski definition) is 2. The van der Waals surface area contributed by atoms with E-state index in [1.807, 2.05) is 6.92 Å². The molecule has 2 rings (SSSR count). The summed E-state index contributed by atoms with van der Waals surface area (Å²) in [5, 5.41) is 6.28. The molecule has 0 aliphatic carbocycles. The molecule has 2 aromatic rings. The van der Waals surface area contributed by atoms with Crippen LogP contribution in [-0.4, -0.2) is 22.6 Å². The van der Waals surface area contributed by atoms with Crippen LogP contribution in [0.3, 0.4) is 0 Å². The molecule has 0 aliphatic rings. The Morgan fingerprint density at radius 3 is 2.68 bits per heavy atom. The van der Waals surface area contributed by atoms with Gasteiger partial charge in [-0.2, -0.15) is 18.2 Å². The first-order chi connectivity index (χ1) is 10.3. The quantitative estimate of drug-likeness (QED) is 0.885. The molecule has 3 N–H and O–H groups in total. The average molecular weight is 314 g/mol. The average Bonchev–Trinajstić information content (AvgIpc) is 2.94. The maximum Gasteiger partial charge on any atom is 0.471 e. The van der Waals surface area contributed by atoms with Crippen molar-refractivity contribution in [1.29, 1.82) is 0 Å². The first-order valence-corrected chi connectivity index (χ1v) is 6.42. The molecule has 0 saturated carbocycles. The molecule has 1 heterocycles. The third-order valence-corrected chi connectivity index (χ3v) is 2.78. The van der Waals surface area contributed by atoms with Gasteiger partial charge in [0.1, 0.15) is 0 Å². The van der Waals surface area contributed by atoms with E-state index in [2.05, 4.69) is 20.0 Å². The lowest BCUT2D eigenvalue weighted by molar-refractivity contribution is -0.159. The van der Waals surface area contributed by atoms with Gasteiger partial charge in [-0.3, -0.25) is 4.79 Å². The van der Waals surface area contributed by atoms with E-state index in [4.69, 9.17) is 5.73 Å². The lowest BCUT2D eigenvalue weighted by atomic mass is 10.1. The number of anilines is 1. The van der Waals surface area contributed by atoms with Crippen LogP contribution < -0.4 is 11.1 Å². The Hall–Kier alpha value is -2.58. The number of alkyl halides is 3. The summed E-state index contributed by atoms with van der Waals surface area (Å²) in [6.45, 7) is 2.50. The molecule has 1 amide bonds. The molecule has 1 aromatic heterocycles. The lowest BCUT2D eigenvalue weighted by Crippen LogP contribution is -2.14. The second kappa shape index (κ2) is 6.04. The molecule has 0 fully saturated rings. The van der Waals surface area contributed by atoms with Crippen LogP contribution in [0.2, 0.25) is 0 Å². The van der Waals surface area contributed by atoms with Crippen LogP contribution in [0.1, 0.15) is 29.6 Å². The monoisotopic (exact) mass is 314 g/mol. The van der Waals surface area contributed by atoms with Crippen LogP contribution in [0.25, 0.3) is 11.4 Å². The summed E-state index contributed by atoms with van der Waals surface area (Å²) in [6.07, 6.45) is -3.91. The van der Waals surface area contributed by atoms with E-state index in [-0.39, 0.29) is 17.0 Å². The molecule has 118 valence electrons. The first kappa shape index (κ1) is 15.8. The van der Waals surface area contributed by atoms with Crippen LogP contribution in [0.4, 0.5) is 18.9 Å². The molecule has 0 radical (unpaired) electrons. The Labute approximate surface area is 123 Å². The van der Waals surface area contributed by atoms with Crippen molar-refractivity contribution in [1.82, 2.24) is 10.1 Å². The molecule has 22 heavy (non-hydrogen) atoms. The van der Waals surface area contributed by atoms with Crippen LogP contribution in [0.5, 0.6) is 0 Å². The molecule has 6 nitrogen and oxygen atoms in total. The number of carbonyl (C=O) groups is 1.